The molecule has 1 aromatic rings. The topological polar surface area (TPSA) is 61.6 Å². The number of nitrogens with zero attached hydrogens (tertiary/aromatic N) is 3. The number of piperidine rings is 1. The maximum Gasteiger partial charge on any atom is 0.403 e. The molecule has 1 aliphatic rings. The van der Waals surface area contributed by atoms with Crippen LogP contribution in [-0.4, -0.2) is 29.0 Å². The normalized spacial score (nSPS) is 24.6. The maximum absolute atomic E-state index is 12.4. The van der Waals surface area contributed by atoms with Gasteiger partial charge in [0.15, 0.2) is 5.69 Å². The lowest BCUT2D eigenvalue weighted by molar-refractivity contribution is -0.160. The standard InChI is InChI=1S/C11H11F3N4/c12-11(13,14)10-4-1-7(6-16-10)9-3-2-8(5-15)17-18-9/h2-3,7,10,16H,1,4,6H2. The molecule has 2 unspecified atom stereocenters. The van der Waals surface area contributed by atoms with E-state index in [0.717, 1.165) is 0 Å². The Bertz CT molecular complexity index is 441. The average molecular weight is 256 g/mol. The molecule has 0 aromatic carbocycles. The first kappa shape index (κ1) is 12.8. The Morgan fingerprint density at radius 1 is 1.28 bits per heavy atom. The number of alkyl halides is 3. The second kappa shape index (κ2) is 4.90. The molecule has 18 heavy (non-hydrogen) atoms. The monoisotopic (exact) mass is 256 g/mol. The maximum atomic E-state index is 12.4. The Hall–Kier alpha value is -1.68. The molecule has 0 radical (unpaired) electrons. The van der Waals surface area contributed by atoms with Gasteiger partial charge in [0, 0.05) is 12.5 Å². The summed E-state index contributed by atoms with van der Waals surface area (Å²) < 4.78 is 37.3. The fourth-order valence-electron chi connectivity index (χ4n) is 2.01. The van der Waals surface area contributed by atoms with Crippen molar-refractivity contribution in [1.82, 2.24) is 15.5 Å². The number of rotatable bonds is 1. The van der Waals surface area contributed by atoms with E-state index in [1.165, 1.54) is 6.07 Å². The molecular weight excluding hydrogens is 245 g/mol. The molecule has 2 heterocycles. The highest BCUT2D eigenvalue weighted by Crippen LogP contribution is 2.31. The van der Waals surface area contributed by atoms with Crippen LogP contribution in [0.4, 0.5) is 13.2 Å². The fourth-order valence-corrected chi connectivity index (χ4v) is 2.01. The van der Waals surface area contributed by atoms with Crippen LogP contribution in [0, 0.1) is 11.3 Å². The fraction of sp³-hybridized carbons (Fsp3) is 0.545. The molecule has 0 amide bonds. The van der Waals surface area contributed by atoms with E-state index in [2.05, 4.69) is 15.5 Å². The van der Waals surface area contributed by atoms with Gasteiger partial charge in [-0.15, -0.1) is 5.10 Å². The van der Waals surface area contributed by atoms with Crippen LogP contribution in [0.15, 0.2) is 12.1 Å². The zero-order valence-electron chi connectivity index (χ0n) is 9.41. The van der Waals surface area contributed by atoms with Gasteiger partial charge in [0.05, 0.1) is 5.69 Å². The molecule has 1 saturated heterocycles. The molecule has 2 rings (SSSR count). The second-order valence-electron chi connectivity index (χ2n) is 4.23. The molecule has 7 heteroatoms. The number of hydrogen-bond donors (Lipinski definition) is 1. The van der Waals surface area contributed by atoms with Crippen molar-refractivity contribution in [2.75, 3.05) is 6.54 Å². The minimum absolute atomic E-state index is 0.0375. The van der Waals surface area contributed by atoms with Gasteiger partial charge in [-0.1, -0.05) is 0 Å². The summed E-state index contributed by atoms with van der Waals surface area (Å²) in [4.78, 5) is 0. The second-order valence-corrected chi connectivity index (χ2v) is 4.23. The Labute approximate surface area is 102 Å². The molecular formula is C11H11F3N4. The van der Waals surface area contributed by atoms with E-state index in [9.17, 15) is 13.2 Å². The highest BCUT2D eigenvalue weighted by atomic mass is 19.4. The van der Waals surface area contributed by atoms with Crippen molar-refractivity contribution >= 4 is 0 Å². The highest BCUT2D eigenvalue weighted by molar-refractivity contribution is 5.21. The molecule has 1 aliphatic heterocycles. The van der Waals surface area contributed by atoms with Gasteiger partial charge in [0.2, 0.25) is 0 Å². The van der Waals surface area contributed by atoms with Gasteiger partial charge >= 0.3 is 6.18 Å². The van der Waals surface area contributed by atoms with Gasteiger partial charge in [-0.2, -0.15) is 23.5 Å². The average Bonchev–Trinajstić information content (AvgIpc) is 2.38. The van der Waals surface area contributed by atoms with Crippen molar-refractivity contribution in [3.8, 4) is 6.07 Å². The lowest BCUT2D eigenvalue weighted by atomic mass is 9.91. The van der Waals surface area contributed by atoms with Crippen LogP contribution in [0.1, 0.15) is 30.1 Å². The summed E-state index contributed by atoms with van der Waals surface area (Å²) in [6.45, 7) is 0.227. The molecule has 0 saturated carbocycles. The third-order valence-electron chi connectivity index (χ3n) is 3.03. The first-order valence-corrected chi connectivity index (χ1v) is 5.54. The van der Waals surface area contributed by atoms with E-state index in [-0.39, 0.29) is 24.6 Å². The van der Waals surface area contributed by atoms with Crippen LogP contribution in [0.25, 0.3) is 0 Å². The molecule has 2 atom stereocenters. The predicted octanol–water partition coefficient (Wildman–Crippen LogP) is 1.75. The zero-order valence-corrected chi connectivity index (χ0v) is 9.41. The van der Waals surface area contributed by atoms with Gasteiger partial charge in [-0.25, -0.2) is 0 Å². The van der Waals surface area contributed by atoms with Crippen molar-refractivity contribution in [2.45, 2.75) is 31.0 Å². The molecule has 0 bridgehead atoms. The number of hydrogen-bond acceptors (Lipinski definition) is 4. The zero-order chi connectivity index (χ0) is 13.2. The molecule has 0 spiro atoms. The van der Waals surface area contributed by atoms with Crippen molar-refractivity contribution in [3.63, 3.8) is 0 Å². The van der Waals surface area contributed by atoms with Crippen LogP contribution in [0.2, 0.25) is 0 Å². The van der Waals surface area contributed by atoms with Gasteiger partial charge < -0.3 is 5.32 Å². The number of nitriles is 1. The third-order valence-corrected chi connectivity index (χ3v) is 3.03. The van der Waals surface area contributed by atoms with E-state index >= 15 is 0 Å². The molecule has 1 aromatic heterocycles. The SMILES string of the molecule is N#Cc1ccc(C2CCC(C(F)(F)F)NC2)nn1. The minimum Gasteiger partial charge on any atom is -0.305 e. The molecule has 4 nitrogen and oxygen atoms in total. The van der Waals surface area contributed by atoms with Crippen molar-refractivity contribution < 1.29 is 13.2 Å². The van der Waals surface area contributed by atoms with E-state index < -0.39 is 12.2 Å². The summed E-state index contributed by atoms with van der Waals surface area (Å²) in [5.41, 5.74) is 0.831. The van der Waals surface area contributed by atoms with Crippen LogP contribution < -0.4 is 5.32 Å². The number of halogens is 3. The lowest BCUT2D eigenvalue weighted by Gasteiger charge is -2.30. The van der Waals surface area contributed by atoms with E-state index in [1.807, 2.05) is 6.07 Å². The van der Waals surface area contributed by atoms with Crippen molar-refractivity contribution in [3.05, 3.63) is 23.5 Å². The Balaban J connectivity index is 1.99. The van der Waals surface area contributed by atoms with Crippen molar-refractivity contribution in [1.29, 1.82) is 5.26 Å². The summed E-state index contributed by atoms with van der Waals surface area (Å²) in [5, 5.41) is 18.6. The predicted molar refractivity (Wildman–Crippen MR) is 56.6 cm³/mol. The largest absolute Gasteiger partial charge is 0.403 e. The quantitative estimate of drug-likeness (QED) is 0.831. The van der Waals surface area contributed by atoms with E-state index in [4.69, 9.17) is 5.26 Å². The first-order valence-electron chi connectivity index (χ1n) is 5.54. The third kappa shape index (κ3) is 2.76. The lowest BCUT2D eigenvalue weighted by Crippen LogP contribution is -2.47. The molecule has 1 fully saturated rings. The van der Waals surface area contributed by atoms with Gasteiger partial charge in [-0.3, -0.25) is 0 Å². The number of nitrogens with one attached hydrogen (secondary N) is 1. The van der Waals surface area contributed by atoms with Crippen molar-refractivity contribution in [2.24, 2.45) is 0 Å². The Kier molecular flexibility index (Phi) is 3.48. The van der Waals surface area contributed by atoms with Gasteiger partial charge in [-0.05, 0) is 25.0 Å². The van der Waals surface area contributed by atoms with Gasteiger partial charge in [0.1, 0.15) is 12.1 Å². The first-order chi connectivity index (χ1) is 8.50. The van der Waals surface area contributed by atoms with Crippen LogP contribution in [0.3, 0.4) is 0 Å². The summed E-state index contributed by atoms with van der Waals surface area (Å²) in [6, 6.07) is 3.59. The van der Waals surface area contributed by atoms with Crippen LogP contribution in [0.5, 0.6) is 0 Å². The Morgan fingerprint density at radius 3 is 2.50 bits per heavy atom. The van der Waals surface area contributed by atoms with Crippen LogP contribution in [-0.2, 0) is 0 Å². The van der Waals surface area contributed by atoms with Crippen LogP contribution >= 0.6 is 0 Å². The summed E-state index contributed by atoms with van der Waals surface area (Å²) in [6.07, 6.45) is -3.74. The Morgan fingerprint density at radius 2 is 2.06 bits per heavy atom. The van der Waals surface area contributed by atoms with E-state index in [1.54, 1.807) is 6.07 Å². The minimum atomic E-state index is -4.19. The summed E-state index contributed by atoms with van der Waals surface area (Å²) in [5.74, 6) is -0.0798. The summed E-state index contributed by atoms with van der Waals surface area (Å²) in [7, 11) is 0. The van der Waals surface area contributed by atoms with Gasteiger partial charge in [0.25, 0.3) is 0 Å². The van der Waals surface area contributed by atoms with E-state index in [0.29, 0.717) is 12.1 Å². The molecule has 1 N–H and O–H groups in total. The molecule has 0 aliphatic carbocycles. The molecule has 96 valence electrons. The number of aromatic nitrogens is 2. The summed E-state index contributed by atoms with van der Waals surface area (Å²) >= 11 is 0. The smallest absolute Gasteiger partial charge is 0.305 e. The highest BCUT2D eigenvalue weighted by Gasteiger charge is 2.41.